The first-order valence-electron chi connectivity index (χ1n) is 9.16. The van der Waals surface area contributed by atoms with Crippen LogP contribution in [0.5, 0.6) is 0 Å². The molecule has 1 aromatic heterocycles. The first kappa shape index (κ1) is 21.4. The predicted octanol–water partition coefficient (Wildman–Crippen LogP) is 4.98. The summed E-state index contributed by atoms with van der Waals surface area (Å²) in [5.41, 5.74) is 1.68. The van der Waals surface area contributed by atoms with E-state index in [0.29, 0.717) is 16.8 Å². The van der Waals surface area contributed by atoms with Gasteiger partial charge >= 0.3 is 0 Å². The van der Waals surface area contributed by atoms with Crippen molar-refractivity contribution in [2.75, 3.05) is 10.6 Å². The van der Waals surface area contributed by atoms with Gasteiger partial charge in [0.15, 0.2) is 0 Å². The van der Waals surface area contributed by atoms with Gasteiger partial charge in [0, 0.05) is 18.3 Å². The average Bonchev–Trinajstić information content (AvgIpc) is 3.17. The van der Waals surface area contributed by atoms with Crippen LogP contribution in [0.4, 0.5) is 11.9 Å². The van der Waals surface area contributed by atoms with Gasteiger partial charge in [0.2, 0.25) is 5.95 Å². The molecule has 0 saturated carbocycles. The number of rotatable bonds is 5. The Morgan fingerprint density at radius 2 is 1.23 bits per heavy atom. The number of amides is 2. The normalized spacial score (nSPS) is 10.5. The van der Waals surface area contributed by atoms with Crippen LogP contribution in [-0.4, -0.2) is 26.6 Å². The summed E-state index contributed by atoms with van der Waals surface area (Å²) in [6.45, 7) is 0. The van der Waals surface area contributed by atoms with Crippen LogP contribution in [0.3, 0.4) is 0 Å². The van der Waals surface area contributed by atoms with Crippen molar-refractivity contribution in [1.82, 2.24) is 14.8 Å². The number of hydrogen-bond donors (Lipinski definition) is 2. The third-order valence-electron chi connectivity index (χ3n) is 4.27. The molecule has 2 N–H and O–H groups in total. The molecule has 0 unspecified atom stereocenters. The van der Waals surface area contributed by atoms with Gasteiger partial charge in [-0.1, -0.05) is 18.2 Å². The summed E-state index contributed by atoms with van der Waals surface area (Å²) in [6.07, 6.45) is 0. The van der Waals surface area contributed by atoms with E-state index in [2.05, 4.69) is 65.9 Å². The Labute approximate surface area is 205 Å². The second kappa shape index (κ2) is 9.56. The van der Waals surface area contributed by atoms with Gasteiger partial charge in [0.25, 0.3) is 17.8 Å². The second-order valence-corrected chi connectivity index (χ2v) is 8.92. The van der Waals surface area contributed by atoms with Crippen LogP contribution in [0.1, 0.15) is 20.7 Å². The fourth-order valence-corrected chi connectivity index (χ4v) is 3.46. The summed E-state index contributed by atoms with van der Waals surface area (Å²) >= 11 is 4.35. The van der Waals surface area contributed by atoms with Gasteiger partial charge in [-0.15, -0.1) is 5.10 Å². The maximum atomic E-state index is 12.7. The van der Waals surface area contributed by atoms with Gasteiger partial charge in [-0.2, -0.15) is 9.67 Å². The lowest BCUT2D eigenvalue weighted by Gasteiger charge is -2.07. The number of halogens is 2. The number of carbonyl (C=O) groups excluding carboxylic acids is 2. The molecule has 0 saturated heterocycles. The number of carbonyl (C=O) groups is 2. The molecule has 3 aromatic carbocycles. The monoisotopic (exact) mass is 635 g/mol. The number of para-hydroxylation sites is 1. The van der Waals surface area contributed by atoms with E-state index in [-0.39, 0.29) is 23.7 Å². The smallest absolute Gasteiger partial charge is 0.258 e. The van der Waals surface area contributed by atoms with Crippen LogP contribution in [0.2, 0.25) is 0 Å². The van der Waals surface area contributed by atoms with E-state index in [0.717, 1.165) is 7.14 Å². The number of anilines is 2. The van der Waals surface area contributed by atoms with E-state index in [1.807, 2.05) is 54.6 Å². The molecular weight excluding hydrogens is 620 g/mol. The lowest BCUT2D eigenvalue weighted by atomic mass is 10.2. The van der Waals surface area contributed by atoms with E-state index in [9.17, 15) is 9.59 Å². The highest BCUT2D eigenvalue weighted by Gasteiger charge is 2.17. The lowest BCUT2D eigenvalue weighted by molar-refractivity contribution is 0.101. The fraction of sp³-hybridized carbons (Fsp3) is 0. The van der Waals surface area contributed by atoms with Gasteiger partial charge in [-0.25, -0.2) is 0 Å². The number of benzene rings is 3. The molecule has 0 aliphatic carbocycles. The Kier molecular flexibility index (Phi) is 6.61. The molecule has 0 radical (unpaired) electrons. The molecule has 1 heterocycles. The first-order chi connectivity index (χ1) is 15.0. The summed E-state index contributed by atoms with van der Waals surface area (Å²) in [4.78, 5) is 29.6. The molecule has 2 amide bonds. The zero-order valence-corrected chi connectivity index (χ0v) is 20.2. The Hall–Kier alpha value is -2.80. The molecule has 0 aliphatic heterocycles. The Bertz CT molecular complexity index is 1220. The summed E-state index contributed by atoms with van der Waals surface area (Å²) in [5, 5.41) is 9.85. The van der Waals surface area contributed by atoms with E-state index in [1.165, 1.54) is 4.68 Å². The Morgan fingerprint density at radius 3 is 1.77 bits per heavy atom. The SMILES string of the molecule is O=C(Nc1nc(NC(=O)c2ccc(I)cc2)n(-c2ccccc2)n1)c1ccc(I)cc1. The summed E-state index contributed by atoms with van der Waals surface area (Å²) in [7, 11) is 0. The van der Waals surface area contributed by atoms with Crippen LogP contribution in [0.25, 0.3) is 5.69 Å². The topological polar surface area (TPSA) is 88.9 Å². The number of nitrogens with one attached hydrogen (secondary N) is 2. The Morgan fingerprint density at radius 1 is 0.710 bits per heavy atom. The van der Waals surface area contributed by atoms with Crippen LogP contribution in [0.15, 0.2) is 78.9 Å². The molecule has 0 fully saturated rings. The van der Waals surface area contributed by atoms with Gasteiger partial charge in [-0.3, -0.25) is 20.2 Å². The van der Waals surface area contributed by atoms with Crippen molar-refractivity contribution in [3.63, 3.8) is 0 Å². The molecule has 9 heteroatoms. The van der Waals surface area contributed by atoms with Crippen molar-refractivity contribution in [2.45, 2.75) is 0 Å². The highest BCUT2D eigenvalue weighted by Crippen LogP contribution is 2.18. The molecule has 0 spiro atoms. The maximum Gasteiger partial charge on any atom is 0.258 e. The van der Waals surface area contributed by atoms with Gasteiger partial charge in [0.1, 0.15) is 0 Å². The largest absolute Gasteiger partial charge is 0.290 e. The summed E-state index contributed by atoms with van der Waals surface area (Å²) in [5.74, 6) is -0.369. The second-order valence-electron chi connectivity index (χ2n) is 6.43. The third kappa shape index (κ3) is 5.28. The van der Waals surface area contributed by atoms with Crippen LogP contribution in [0, 0.1) is 7.14 Å². The zero-order valence-electron chi connectivity index (χ0n) is 15.9. The average molecular weight is 635 g/mol. The molecule has 0 bridgehead atoms. The van der Waals surface area contributed by atoms with E-state index in [1.54, 1.807) is 24.3 Å². The van der Waals surface area contributed by atoms with E-state index < -0.39 is 0 Å². The van der Waals surface area contributed by atoms with Crippen LogP contribution < -0.4 is 10.6 Å². The molecule has 0 atom stereocenters. The molecular formula is C22H15I2N5O2. The minimum Gasteiger partial charge on any atom is -0.290 e. The molecule has 4 aromatic rings. The maximum absolute atomic E-state index is 12.7. The Balaban J connectivity index is 1.62. The quantitative estimate of drug-likeness (QED) is 0.303. The molecule has 0 aliphatic rings. The van der Waals surface area contributed by atoms with Gasteiger partial charge in [-0.05, 0) is 106 Å². The third-order valence-corrected chi connectivity index (χ3v) is 5.71. The van der Waals surface area contributed by atoms with Gasteiger partial charge < -0.3 is 0 Å². The number of nitrogens with zero attached hydrogens (tertiary/aromatic N) is 3. The summed E-state index contributed by atoms with van der Waals surface area (Å²) < 4.78 is 3.54. The first-order valence-corrected chi connectivity index (χ1v) is 11.3. The number of hydrogen-bond acceptors (Lipinski definition) is 4. The highest BCUT2D eigenvalue weighted by atomic mass is 127. The summed E-state index contributed by atoms with van der Waals surface area (Å²) in [6, 6.07) is 23.6. The minimum atomic E-state index is -0.336. The predicted molar refractivity (Wildman–Crippen MR) is 136 cm³/mol. The fourth-order valence-electron chi connectivity index (χ4n) is 2.75. The van der Waals surface area contributed by atoms with Crippen molar-refractivity contribution in [2.24, 2.45) is 0 Å². The highest BCUT2D eigenvalue weighted by molar-refractivity contribution is 14.1. The molecule has 31 heavy (non-hydrogen) atoms. The van der Waals surface area contributed by atoms with Gasteiger partial charge in [0.05, 0.1) is 5.69 Å². The van der Waals surface area contributed by atoms with Crippen LogP contribution >= 0.6 is 45.2 Å². The molecule has 7 nitrogen and oxygen atoms in total. The van der Waals surface area contributed by atoms with Crippen molar-refractivity contribution in [1.29, 1.82) is 0 Å². The minimum absolute atomic E-state index is 0.0883. The number of aromatic nitrogens is 3. The van der Waals surface area contributed by atoms with E-state index in [4.69, 9.17) is 0 Å². The molecule has 154 valence electrons. The van der Waals surface area contributed by atoms with Crippen molar-refractivity contribution in [3.8, 4) is 5.69 Å². The van der Waals surface area contributed by atoms with Crippen molar-refractivity contribution >= 4 is 68.9 Å². The molecule has 4 rings (SSSR count). The zero-order chi connectivity index (χ0) is 21.8. The van der Waals surface area contributed by atoms with Crippen molar-refractivity contribution in [3.05, 3.63) is 97.1 Å². The lowest BCUT2D eigenvalue weighted by Crippen LogP contribution is -2.16. The van der Waals surface area contributed by atoms with Crippen molar-refractivity contribution < 1.29 is 9.59 Å². The van der Waals surface area contributed by atoms with E-state index >= 15 is 0 Å². The van der Waals surface area contributed by atoms with Crippen LogP contribution in [-0.2, 0) is 0 Å². The standard InChI is InChI=1S/C22H15I2N5O2/c23-16-10-6-14(7-11-16)19(30)25-21-27-22(29(28-21)18-4-2-1-3-5-18)26-20(31)15-8-12-17(24)13-9-15/h1-13H,(H2,25,26,27,28,30,31).